The fraction of sp³-hybridized carbons (Fsp3) is 0.571. The zero-order valence-electron chi connectivity index (χ0n) is 12.2. The Kier molecular flexibility index (Phi) is 4.92. The molecule has 20 heavy (non-hydrogen) atoms. The molecule has 1 unspecified atom stereocenters. The summed E-state index contributed by atoms with van der Waals surface area (Å²) in [6, 6.07) is 3.94. The van der Waals surface area contributed by atoms with E-state index in [0.717, 1.165) is 32.6 Å². The monoisotopic (exact) mass is 277 g/mol. The average molecular weight is 277 g/mol. The van der Waals surface area contributed by atoms with Crippen molar-refractivity contribution in [2.45, 2.75) is 26.3 Å². The van der Waals surface area contributed by atoms with Crippen LogP contribution in [-0.2, 0) is 0 Å². The van der Waals surface area contributed by atoms with Crippen LogP contribution in [0.2, 0.25) is 0 Å². The molecule has 1 aromatic heterocycles. The number of likely N-dealkylation sites (tertiary alicyclic amines) is 1. The standard InChI is InChI=1S/C14H23N5O/c1-3-18(4-2)12-7-8-19(10-12)14(20)13-6-5-11(17-15)9-16-13/h5-6,9,12,17H,3-4,7-8,10,15H2,1-2H3. The molecule has 0 bridgehead atoms. The van der Waals surface area contributed by atoms with Crippen molar-refractivity contribution in [3.8, 4) is 0 Å². The summed E-state index contributed by atoms with van der Waals surface area (Å²) in [5, 5.41) is 0. The van der Waals surface area contributed by atoms with Gasteiger partial charge in [-0.15, -0.1) is 0 Å². The first-order chi connectivity index (χ1) is 9.69. The lowest BCUT2D eigenvalue weighted by Gasteiger charge is -2.26. The number of amides is 1. The number of hydrogen-bond donors (Lipinski definition) is 2. The number of carbonyl (C=O) groups is 1. The lowest BCUT2D eigenvalue weighted by Crippen LogP contribution is -2.38. The normalized spacial score (nSPS) is 18.6. The van der Waals surface area contributed by atoms with E-state index in [1.165, 1.54) is 0 Å². The van der Waals surface area contributed by atoms with Gasteiger partial charge in [0.15, 0.2) is 0 Å². The maximum Gasteiger partial charge on any atom is 0.272 e. The molecule has 1 aliphatic heterocycles. The summed E-state index contributed by atoms with van der Waals surface area (Å²) in [5.74, 6) is 5.29. The summed E-state index contributed by atoms with van der Waals surface area (Å²) < 4.78 is 0. The van der Waals surface area contributed by atoms with Crippen LogP contribution in [0.15, 0.2) is 18.3 Å². The molecule has 3 N–H and O–H groups in total. The van der Waals surface area contributed by atoms with Crippen molar-refractivity contribution >= 4 is 11.6 Å². The highest BCUT2D eigenvalue weighted by Gasteiger charge is 2.30. The number of nitrogens with one attached hydrogen (secondary N) is 1. The molecule has 110 valence electrons. The summed E-state index contributed by atoms with van der Waals surface area (Å²) in [5.41, 5.74) is 3.68. The number of carbonyl (C=O) groups excluding carboxylic acids is 1. The lowest BCUT2D eigenvalue weighted by molar-refractivity contribution is 0.0772. The predicted molar refractivity (Wildman–Crippen MR) is 79.3 cm³/mol. The fourth-order valence-corrected chi connectivity index (χ4v) is 2.73. The van der Waals surface area contributed by atoms with Gasteiger partial charge in [-0.25, -0.2) is 4.98 Å². The Morgan fingerprint density at radius 2 is 2.25 bits per heavy atom. The van der Waals surface area contributed by atoms with E-state index in [0.29, 0.717) is 17.4 Å². The molecule has 1 aromatic rings. The fourth-order valence-electron chi connectivity index (χ4n) is 2.73. The number of hydrogen-bond acceptors (Lipinski definition) is 5. The number of hydrazine groups is 1. The smallest absolute Gasteiger partial charge is 0.272 e. The summed E-state index contributed by atoms with van der Waals surface area (Å²) in [6.45, 7) is 7.97. The van der Waals surface area contributed by atoms with E-state index in [2.05, 4.69) is 29.2 Å². The van der Waals surface area contributed by atoms with E-state index in [-0.39, 0.29) is 5.91 Å². The van der Waals surface area contributed by atoms with Crippen LogP contribution >= 0.6 is 0 Å². The summed E-state index contributed by atoms with van der Waals surface area (Å²) in [6.07, 6.45) is 2.61. The maximum absolute atomic E-state index is 12.4. The van der Waals surface area contributed by atoms with Crippen molar-refractivity contribution in [2.75, 3.05) is 31.6 Å². The molecule has 1 aliphatic rings. The van der Waals surface area contributed by atoms with Crippen molar-refractivity contribution in [3.05, 3.63) is 24.0 Å². The molecule has 0 spiro atoms. The molecular weight excluding hydrogens is 254 g/mol. The van der Waals surface area contributed by atoms with Crippen molar-refractivity contribution < 1.29 is 4.79 Å². The number of aromatic nitrogens is 1. The molecule has 0 aliphatic carbocycles. The van der Waals surface area contributed by atoms with Crippen LogP contribution in [0.4, 0.5) is 5.69 Å². The van der Waals surface area contributed by atoms with Gasteiger partial charge >= 0.3 is 0 Å². The SMILES string of the molecule is CCN(CC)C1CCN(C(=O)c2ccc(NN)cn2)C1. The van der Waals surface area contributed by atoms with Crippen LogP contribution in [-0.4, -0.2) is 52.9 Å². The van der Waals surface area contributed by atoms with Crippen LogP contribution in [0.1, 0.15) is 30.8 Å². The third-order valence-electron chi connectivity index (χ3n) is 3.93. The Hall–Kier alpha value is -1.66. The van der Waals surface area contributed by atoms with Gasteiger partial charge in [-0.1, -0.05) is 13.8 Å². The first kappa shape index (κ1) is 14.7. The van der Waals surface area contributed by atoms with Gasteiger partial charge in [0, 0.05) is 19.1 Å². The molecule has 0 radical (unpaired) electrons. The molecule has 6 heteroatoms. The second kappa shape index (κ2) is 6.67. The molecule has 1 amide bonds. The van der Waals surface area contributed by atoms with Crippen molar-refractivity contribution in [1.29, 1.82) is 0 Å². The van der Waals surface area contributed by atoms with Gasteiger partial charge in [-0.3, -0.25) is 15.5 Å². The quantitative estimate of drug-likeness (QED) is 0.618. The van der Waals surface area contributed by atoms with Crippen molar-refractivity contribution in [2.24, 2.45) is 5.84 Å². The molecule has 1 fully saturated rings. The Morgan fingerprint density at radius 3 is 2.80 bits per heavy atom. The Morgan fingerprint density at radius 1 is 1.50 bits per heavy atom. The van der Waals surface area contributed by atoms with Crippen molar-refractivity contribution in [3.63, 3.8) is 0 Å². The van der Waals surface area contributed by atoms with E-state index in [4.69, 9.17) is 5.84 Å². The van der Waals surface area contributed by atoms with Crippen LogP contribution in [0, 0.1) is 0 Å². The Labute approximate surface area is 119 Å². The second-order valence-corrected chi connectivity index (χ2v) is 4.99. The van der Waals surface area contributed by atoms with Crippen LogP contribution in [0.3, 0.4) is 0 Å². The summed E-state index contributed by atoms with van der Waals surface area (Å²) in [4.78, 5) is 20.8. The van der Waals surface area contributed by atoms with Gasteiger partial charge in [-0.2, -0.15) is 0 Å². The van der Waals surface area contributed by atoms with Crippen LogP contribution in [0.5, 0.6) is 0 Å². The number of nitrogen functional groups attached to an aromatic ring is 1. The molecule has 1 atom stereocenters. The maximum atomic E-state index is 12.4. The van der Waals surface area contributed by atoms with E-state index in [1.807, 2.05) is 4.90 Å². The van der Waals surface area contributed by atoms with Gasteiger partial charge in [0.2, 0.25) is 0 Å². The molecule has 0 saturated carbocycles. The van der Waals surface area contributed by atoms with Crippen LogP contribution < -0.4 is 11.3 Å². The summed E-state index contributed by atoms with van der Waals surface area (Å²) in [7, 11) is 0. The Bertz CT molecular complexity index is 443. The second-order valence-electron chi connectivity index (χ2n) is 4.99. The minimum atomic E-state index is 0.00299. The van der Waals surface area contributed by atoms with Gasteiger partial charge in [0.05, 0.1) is 11.9 Å². The van der Waals surface area contributed by atoms with Gasteiger partial charge in [0.1, 0.15) is 5.69 Å². The number of nitrogens with two attached hydrogens (primary N) is 1. The number of likely N-dealkylation sites (N-methyl/N-ethyl adjacent to an activating group) is 1. The minimum absolute atomic E-state index is 0.00299. The predicted octanol–water partition coefficient (Wildman–Crippen LogP) is 0.924. The zero-order valence-corrected chi connectivity index (χ0v) is 12.2. The third-order valence-corrected chi connectivity index (χ3v) is 3.93. The highest BCUT2D eigenvalue weighted by atomic mass is 16.2. The first-order valence-corrected chi connectivity index (χ1v) is 7.15. The Balaban J connectivity index is 2.00. The lowest BCUT2D eigenvalue weighted by atomic mass is 10.2. The average Bonchev–Trinajstić information content (AvgIpc) is 2.97. The van der Waals surface area contributed by atoms with Crippen molar-refractivity contribution in [1.82, 2.24) is 14.8 Å². The molecule has 1 saturated heterocycles. The topological polar surface area (TPSA) is 74.5 Å². The highest BCUT2D eigenvalue weighted by Crippen LogP contribution is 2.17. The number of anilines is 1. The number of nitrogens with zero attached hydrogens (tertiary/aromatic N) is 3. The highest BCUT2D eigenvalue weighted by molar-refractivity contribution is 5.92. The van der Waals surface area contributed by atoms with E-state index in [1.54, 1.807) is 18.3 Å². The summed E-state index contributed by atoms with van der Waals surface area (Å²) >= 11 is 0. The van der Waals surface area contributed by atoms with Gasteiger partial charge < -0.3 is 10.3 Å². The third kappa shape index (κ3) is 3.08. The number of pyridine rings is 1. The zero-order chi connectivity index (χ0) is 14.5. The first-order valence-electron chi connectivity index (χ1n) is 7.15. The molecule has 6 nitrogen and oxygen atoms in total. The molecule has 0 aromatic carbocycles. The van der Waals surface area contributed by atoms with Gasteiger partial charge in [-0.05, 0) is 31.6 Å². The largest absolute Gasteiger partial charge is 0.336 e. The molecule has 2 rings (SSSR count). The molecule has 2 heterocycles. The van der Waals surface area contributed by atoms with E-state index in [9.17, 15) is 4.79 Å². The van der Waals surface area contributed by atoms with Gasteiger partial charge in [0.25, 0.3) is 5.91 Å². The van der Waals surface area contributed by atoms with E-state index >= 15 is 0 Å². The number of rotatable bonds is 5. The van der Waals surface area contributed by atoms with Crippen LogP contribution in [0.25, 0.3) is 0 Å². The molecular formula is C14H23N5O. The van der Waals surface area contributed by atoms with E-state index < -0.39 is 0 Å². The minimum Gasteiger partial charge on any atom is -0.336 e.